The van der Waals surface area contributed by atoms with Gasteiger partial charge in [-0.25, -0.2) is 4.79 Å². The van der Waals surface area contributed by atoms with Gasteiger partial charge in [-0.1, -0.05) is 0 Å². The summed E-state index contributed by atoms with van der Waals surface area (Å²) in [4.78, 5) is 24.4. The number of benzene rings is 1. The van der Waals surface area contributed by atoms with E-state index in [4.69, 9.17) is 5.11 Å². The van der Waals surface area contributed by atoms with Crippen molar-refractivity contribution in [3.05, 3.63) is 24.3 Å². The Morgan fingerprint density at radius 1 is 1.25 bits per heavy atom. The van der Waals surface area contributed by atoms with Crippen molar-refractivity contribution in [3.8, 4) is 0 Å². The van der Waals surface area contributed by atoms with Crippen molar-refractivity contribution in [2.24, 2.45) is 0 Å². The summed E-state index contributed by atoms with van der Waals surface area (Å²) in [5.74, 6) is -0.0774. The van der Waals surface area contributed by atoms with Crippen LogP contribution in [-0.2, 0) is 4.79 Å². The van der Waals surface area contributed by atoms with E-state index in [9.17, 15) is 9.59 Å². The third-order valence-corrected chi connectivity index (χ3v) is 4.54. The van der Waals surface area contributed by atoms with Crippen LogP contribution in [-0.4, -0.2) is 40.3 Å². The van der Waals surface area contributed by atoms with Crippen molar-refractivity contribution in [3.63, 3.8) is 0 Å². The fourth-order valence-corrected chi connectivity index (χ4v) is 3.30. The quantitative estimate of drug-likeness (QED) is 0.899. The molecule has 0 spiro atoms. The Morgan fingerprint density at radius 3 is 2.35 bits per heavy atom. The van der Waals surface area contributed by atoms with Crippen LogP contribution in [0.5, 0.6) is 0 Å². The number of nitrogens with zero attached hydrogens (tertiary/aromatic N) is 1. The standard InChI is InChI=1S/C14H18N2O3S/c1-10(17)15-11-2-4-12(5-3-11)20-13-6-8-16(9-7-13)14(18)19/h2-5,13H,6-9H2,1H3,(H,15,17)(H,18,19). The molecule has 1 aliphatic rings. The molecule has 1 aliphatic heterocycles. The van der Waals surface area contributed by atoms with E-state index in [1.165, 1.54) is 11.8 Å². The molecule has 0 unspecified atom stereocenters. The lowest BCUT2D eigenvalue weighted by molar-refractivity contribution is -0.114. The molecule has 2 N–H and O–H groups in total. The Bertz CT molecular complexity index is 482. The molecule has 0 atom stereocenters. The SMILES string of the molecule is CC(=O)Nc1ccc(SC2CCN(C(=O)O)CC2)cc1. The number of nitrogens with one attached hydrogen (secondary N) is 1. The summed E-state index contributed by atoms with van der Waals surface area (Å²) in [5.41, 5.74) is 0.794. The lowest BCUT2D eigenvalue weighted by Gasteiger charge is -2.29. The van der Waals surface area contributed by atoms with E-state index in [2.05, 4.69) is 5.32 Å². The number of likely N-dealkylation sites (tertiary alicyclic amines) is 1. The molecular weight excluding hydrogens is 276 g/mol. The molecule has 108 valence electrons. The van der Waals surface area contributed by atoms with Gasteiger partial charge in [0, 0.05) is 35.8 Å². The maximum atomic E-state index is 10.9. The number of rotatable bonds is 3. The molecular formula is C14H18N2O3S. The molecule has 1 saturated heterocycles. The highest BCUT2D eigenvalue weighted by Gasteiger charge is 2.22. The zero-order valence-corrected chi connectivity index (χ0v) is 12.2. The summed E-state index contributed by atoms with van der Waals surface area (Å²) < 4.78 is 0. The average molecular weight is 294 g/mol. The van der Waals surface area contributed by atoms with Crippen LogP contribution in [0.1, 0.15) is 19.8 Å². The zero-order chi connectivity index (χ0) is 14.5. The van der Waals surface area contributed by atoms with Crippen LogP contribution in [0.4, 0.5) is 10.5 Å². The number of carboxylic acid groups (broad SMARTS) is 1. The molecule has 0 radical (unpaired) electrons. The summed E-state index contributed by atoms with van der Waals surface area (Å²) >= 11 is 1.77. The van der Waals surface area contributed by atoms with E-state index in [1.807, 2.05) is 24.3 Å². The Kier molecular flexibility index (Phi) is 4.89. The van der Waals surface area contributed by atoms with Gasteiger partial charge in [-0.3, -0.25) is 4.79 Å². The van der Waals surface area contributed by atoms with Crippen molar-refractivity contribution in [2.75, 3.05) is 18.4 Å². The first-order chi connectivity index (χ1) is 9.54. The van der Waals surface area contributed by atoms with Crippen molar-refractivity contribution in [2.45, 2.75) is 29.9 Å². The van der Waals surface area contributed by atoms with Gasteiger partial charge in [0.25, 0.3) is 0 Å². The highest BCUT2D eigenvalue weighted by atomic mass is 32.2. The van der Waals surface area contributed by atoms with Gasteiger partial charge in [0.1, 0.15) is 0 Å². The maximum Gasteiger partial charge on any atom is 0.407 e. The summed E-state index contributed by atoms with van der Waals surface area (Å²) in [6, 6.07) is 7.74. The lowest BCUT2D eigenvalue weighted by Crippen LogP contribution is -2.38. The second-order valence-electron chi connectivity index (χ2n) is 4.79. The number of hydrogen-bond acceptors (Lipinski definition) is 3. The number of anilines is 1. The topological polar surface area (TPSA) is 69.6 Å². The second-order valence-corrected chi connectivity index (χ2v) is 6.17. The number of carbonyl (C=O) groups is 2. The molecule has 0 bridgehead atoms. The van der Waals surface area contributed by atoms with E-state index >= 15 is 0 Å². The van der Waals surface area contributed by atoms with Crippen molar-refractivity contribution >= 4 is 29.4 Å². The van der Waals surface area contributed by atoms with Gasteiger partial charge in [0.2, 0.25) is 5.91 Å². The number of piperidine rings is 1. The molecule has 0 aromatic heterocycles. The van der Waals surface area contributed by atoms with Gasteiger partial charge in [-0.2, -0.15) is 0 Å². The number of hydrogen-bond donors (Lipinski definition) is 2. The van der Waals surface area contributed by atoms with Crippen LogP contribution in [0.15, 0.2) is 29.2 Å². The smallest absolute Gasteiger partial charge is 0.407 e. The lowest BCUT2D eigenvalue weighted by atomic mass is 10.1. The minimum atomic E-state index is -0.826. The minimum absolute atomic E-state index is 0.0774. The molecule has 6 heteroatoms. The summed E-state index contributed by atoms with van der Waals surface area (Å²) in [6.07, 6.45) is 0.933. The van der Waals surface area contributed by atoms with Gasteiger partial charge in [0.15, 0.2) is 0 Å². The fraction of sp³-hybridized carbons (Fsp3) is 0.429. The molecule has 5 nitrogen and oxygen atoms in total. The first kappa shape index (κ1) is 14.7. The molecule has 0 saturated carbocycles. The first-order valence-corrected chi connectivity index (χ1v) is 7.45. The summed E-state index contributed by atoms with van der Waals surface area (Å²) in [6.45, 7) is 2.70. The van der Waals surface area contributed by atoms with Crippen molar-refractivity contribution in [1.82, 2.24) is 4.90 Å². The maximum absolute atomic E-state index is 10.9. The molecule has 20 heavy (non-hydrogen) atoms. The van der Waals surface area contributed by atoms with Gasteiger partial charge in [-0.05, 0) is 37.1 Å². The van der Waals surface area contributed by atoms with Gasteiger partial charge in [-0.15, -0.1) is 11.8 Å². The van der Waals surface area contributed by atoms with Crippen LogP contribution < -0.4 is 5.32 Å². The Hall–Kier alpha value is -1.69. The van der Waals surface area contributed by atoms with Crippen molar-refractivity contribution < 1.29 is 14.7 Å². The van der Waals surface area contributed by atoms with Crippen LogP contribution in [0.3, 0.4) is 0 Å². The largest absolute Gasteiger partial charge is 0.465 e. The van der Waals surface area contributed by atoms with Crippen molar-refractivity contribution in [1.29, 1.82) is 0 Å². The van der Waals surface area contributed by atoms with E-state index < -0.39 is 6.09 Å². The number of thioether (sulfide) groups is 1. The minimum Gasteiger partial charge on any atom is -0.465 e. The molecule has 1 fully saturated rings. The Morgan fingerprint density at radius 2 is 1.85 bits per heavy atom. The van der Waals surface area contributed by atoms with E-state index in [0.29, 0.717) is 18.3 Å². The monoisotopic (exact) mass is 294 g/mol. The molecule has 2 rings (SSSR count). The third-order valence-electron chi connectivity index (χ3n) is 3.19. The van der Waals surface area contributed by atoms with Crippen LogP contribution in [0.25, 0.3) is 0 Å². The third kappa shape index (κ3) is 4.16. The first-order valence-electron chi connectivity index (χ1n) is 6.57. The number of carbonyl (C=O) groups excluding carboxylic acids is 1. The second kappa shape index (κ2) is 6.65. The zero-order valence-electron chi connectivity index (χ0n) is 11.3. The molecule has 1 heterocycles. The van der Waals surface area contributed by atoms with E-state index in [0.717, 1.165) is 23.4 Å². The van der Waals surface area contributed by atoms with Gasteiger partial charge < -0.3 is 15.3 Å². The summed E-state index contributed by atoms with van der Waals surface area (Å²) in [5, 5.41) is 12.1. The molecule has 1 aromatic rings. The van der Waals surface area contributed by atoms with Crippen LogP contribution >= 0.6 is 11.8 Å². The predicted octanol–water partition coefficient (Wildman–Crippen LogP) is 2.88. The molecule has 1 aromatic carbocycles. The highest BCUT2D eigenvalue weighted by molar-refractivity contribution is 8.00. The van der Waals surface area contributed by atoms with E-state index in [-0.39, 0.29) is 5.91 Å². The fourth-order valence-electron chi connectivity index (χ4n) is 2.18. The normalized spacial score (nSPS) is 15.9. The van der Waals surface area contributed by atoms with Crippen LogP contribution in [0, 0.1) is 0 Å². The average Bonchev–Trinajstić information content (AvgIpc) is 2.41. The van der Waals surface area contributed by atoms with E-state index in [1.54, 1.807) is 11.8 Å². The summed E-state index contributed by atoms with van der Waals surface area (Å²) in [7, 11) is 0. The highest BCUT2D eigenvalue weighted by Crippen LogP contribution is 2.31. The van der Waals surface area contributed by atoms with Gasteiger partial charge >= 0.3 is 6.09 Å². The predicted molar refractivity (Wildman–Crippen MR) is 79.2 cm³/mol. The molecule has 2 amide bonds. The number of amides is 2. The molecule has 0 aliphatic carbocycles. The van der Waals surface area contributed by atoms with Gasteiger partial charge in [0.05, 0.1) is 0 Å². The Balaban J connectivity index is 1.85. The van der Waals surface area contributed by atoms with Crippen LogP contribution in [0.2, 0.25) is 0 Å². The Labute approximate surface area is 122 Å².